The normalized spacial score (nSPS) is 20.9. The molecule has 0 saturated carbocycles. The van der Waals surface area contributed by atoms with Gasteiger partial charge in [0.2, 0.25) is 0 Å². The molecule has 0 bridgehead atoms. The van der Waals surface area contributed by atoms with E-state index >= 15 is 0 Å². The summed E-state index contributed by atoms with van der Waals surface area (Å²) in [6, 6.07) is -0.416. The van der Waals surface area contributed by atoms with Crippen molar-refractivity contribution in [1.29, 1.82) is 0 Å². The van der Waals surface area contributed by atoms with E-state index in [1.54, 1.807) is 28.9 Å². The molecule has 2 aromatic heterocycles. The molecule has 1 amide bonds. The molecule has 172 valence electrons. The van der Waals surface area contributed by atoms with Crippen LogP contribution in [0.5, 0.6) is 0 Å². The molecule has 1 saturated heterocycles. The van der Waals surface area contributed by atoms with Crippen molar-refractivity contribution in [2.24, 2.45) is 0 Å². The van der Waals surface area contributed by atoms with Crippen LogP contribution in [0.25, 0.3) is 4.83 Å². The van der Waals surface area contributed by atoms with E-state index in [1.807, 2.05) is 16.9 Å². The van der Waals surface area contributed by atoms with Gasteiger partial charge in [0.15, 0.2) is 13.5 Å². The molecular formula is C21H33N3O4S2Si. The van der Waals surface area contributed by atoms with E-state index in [0.29, 0.717) is 13.0 Å². The number of hydrogen-bond donors (Lipinski definition) is 1. The number of carbonyl (C=O) groups is 1. The zero-order chi connectivity index (χ0) is 23.0. The van der Waals surface area contributed by atoms with Crippen LogP contribution in [0.3, 0.4) is 0 Å². The lowest BCUT2D eigenvalue weighted by Gasteiger charge is -2.38. The molecule has 2 aromatic rings. The Kier molecular flexibility index (Phi) is 7.27. The fraction of sp³-hybridized carbons (Fsp3) is 0.619. The third-order valence-electron chi connectivity index (χ3n) is 6.18. The maximum Gasteiger partial charge on any atom is 0.410 e. The molecule has 1 N–H and O–H groups in total. The number of likely N-dealkylation sites (tertiary alicyclic amines) is 1. The summed E-state index contributed by atoms with van der Waals surface area (Å²) in [5, 5.41) is 12.2. The Labute approximate surface area is 193 Å². The minimum absolute atomic E-state index is 0.0620. The predicted octanol–water partition coefficient (Wildman–Crippen LogP) is 4.94. The molecule has 1 aliphatic heterocycles. The van der Waals surface area contributed by atoms with E-state index in [1.165, 1.54) is 11.3 Å². The predicted molar refractivity (Wildman–Crippen MR) is 129 cm³/mol. The third kappa shape index (κ3) is 5.03. The van der Waals surface area contributed by atoms with Gasteiger partial charge in [0.25, 0.3) is 0 Å². The summed E-state index contributed by atoms with van der Waals surface area (Å²) in [6.07, 6.45) is 6.40. The zero-order valence-corrected chi connectivity index (χ0v) is 21.8. The van der Waals surface area contributed by atoms with Crippen LogP contribution in [0.2, 0.25) is 18.1 Å². The van der Waals surface area contributed by atoms with Crippen molar-refractivity contribution in [3.05, 3.63) is 29.9 Å². The monoisotopic (exact) mass is 483 g/mol. The lowest BCUT2D eigenvalue weighted by atomic mass is 10.1. The second kappa shape index (κ2) is 9.26. The van der Waals surface area contributed by atoms with Gasteiger partial charge in [-0.15, -0.1) is 11.3 Å². The number of amides is 1. The van der Waals surface area contributed by atoms with Crippen molar-refractivity contribution in [1.82, 2.24) is 14.3 Å². The van der Waals surface area contributed by atoms with E-state index in [9.17, 15) is 9.90 Å². The maximum atomic E-state index is 12.8. The Bertz CT molecular complexity index is 937. The third-order valence-corrected chi connectivity index (χ3v) is 12.5. The van der Waals surface area contributed by atoms with E-state index in [4.69, 9.17) is 9.16 Å². The standard InChI is InChI=1S/C21H33N3O4S2Si/c1-8-9-27-20(26)23-12-14(28-31(6,7)21(2,3)4)10-15(23)18(25)16-13-24-17(30-16)11-22-19(24)29-5/h8,11,13-15,18,25H,1,9-10,12H2,2-7H3/t14-,15+,18?/m1/s1. The van der Waals surface area contributed by atoms with Crippen molar-refractivity contribution in [2.45, 2.75) is 68.7 Å². The highest BCUT2D eigenvalue weighted by Gasteiger charge is 2.46. The average molecular weight is 484 g/mol. The van der Waals surface area contributed by atoms with Gasteiger partial charge in [0, 0.05) is 12.7 Å². The number of hydrogen-bond acceptors (Lipinski definition) is 7. The van der Waals surface area contributed by atoms with E-state index in [-0.39, 0.29) is 17.7 Å². The van der Waals surface area contributed by atoms with Crippen molar-refractivity contribution >= 4 is 42.3 Å². The molecule has 3 heterocycles. The lowest BCUT2D eigenvalue weighted by molar-refractivity contribution is 0.0565. The second-order valence-corrected chi connectivity index (χ2v) is 16.0. The van der Waals surface area contributed by atoms with E-state index in [0.717, 1.165) is 14.9 Å². The lowest BCUT2D eigenvalue weighted by Crippen LogP contribution is -2.45. The summed E-state index contributed by atoms with van der Waals surface area (Å²) in [5.74, 6) is 0. The van der Waals surface area contributed by atoms with Crippen LogP contribution in [0.4, 0.5) is 4.79 Å². The van der Waals surface area contributed by atoms with Crippen LogP contribution >= 0.6 is 23.1 Å². The van der Waals surface area contributed by atoms with Gasteiger partial charge in [-0.25, -0.2) is 9.78 Å². The summed E-state index contributed by atoms with van der Waals surface area (Å²) in [5.41, 5.74) is 0. The van der Waals surface area contributed by atoms with Crippen molar-refractivity contribution in [3.8, 4) is 0 Å². The first kappa shape index (κ1) is 24.3. The number of thiazole rings is 1. The molecule has 0 aliphatic carbocycles. The molecule has 3 atom stereocenters. The Hall–Kier alpha value is -1.33. The van der Waals surface area contributed by atoms with Gasteiger partial charge in [0.05, 0.1) is 23.2 Å². The zero-order valence-electron chi connectivity index (χ0n) is 19.1. The van der Waals surface area contributed by atoms with E-state index < -0.39 is 26.6 Å². The fourth-order valence-electron chi connectivity index (χ4n) is 3.50. The topological polar surface area (TPSA) is 76.3 Å². The van der Waals surface area contributed by atoms with Crippen LogP contribution in [0.1, 0.15) is 38.2 Å². The quantitative estimate of drug-likeness (QED) is 0.342. The minimum atomic E-state index is -2.02. The summed E-state index contributed by atoms with van der Waals surface area (Å²) in [4.78, 5) is 20.5. The second-order valence-electron chi connectivity index (χ2n) is 9.35. The molecule has 0 spiro atoms. The number of ether oxygens (including phenoxy) is 1. The molecule has 3 rings (SSSR count). The Morgan fingerprint density at radius 3 is 2.84 bits per heavy atom. The van der Waals surface area contributed by atoms with Gasteiger partial charge in [-0.05, 0) is 30.8 Å². The average Bonchev–Trinajstić information content (AvgIpc) is 3.38. The van der Waals surface area contributed by atoms with Crippen LogP contribution in [-0.4, -0.2) is 65.4 Å². The van der Waals surface area contributed by atoms with Gasteiger partial charge >= 0.3 is 6.09 Å². The molecule has 10 heteroatoms. The van der Waals surface area contributed by atoms with Crippen LogP contribution in [0.15, 0.2) is 30.2 Å². The minimum Gasteiger partial charge on any atom is -0.445 e. The van der Waals surface area contributed by atoms with E-state index in [2.05, 4.69) is 45.4 Å². The number of aromatic nitrogens is 2. The van der Waals surface area contributed by atoms with Crippen molar-refractivity contribution in [2.75, 3.05) is 19.4 Å². The summed E-state index contributed by atoms with van der Waals surface area (Å²) in [7, 11) is -2.02. The molecule has 31 heavy (non-hydrogen) atoms. The number of thioether (sulfide) groups is 1. The molecule has 7 nitrogen and oxygen atoms in total. The summed E-state index contributed by atoms with van der Waals surface area (Å²) < 4.78 is 13.9. The SMILES string of the molecule is C=CCOC(=O)N1C[C@H](O[Si](C)(C)C(C)(C)C)C[C@H]1C(O)c1cn2c(SC)ncc2s1. The Morgan fingerprint density at radius 1 is 1.52 bits per heavy atom. The largest absolute Gasteiger partial charge is 0.445 e. The first-order valence-electron chi connectivity index (χ1n) is 10.4. The summed E-state index contributed by atoms with van der Waals surface area (Å²) in [6.45, 7) is 15.2. The number of aliphatic hydroxyl groups is 1. The van der Waals surface area contributed by atoms with Crippen LogP contribution < -0.4 is 0 Å². The molecule has 0 aromatic carbocycles. The molecular weight excluding hydrogens is 450 g/mol. The van der Waals surface area contributed by atoms with Gasteiger partial charge in [-0.1, -0.05) is 45.2 Å². The van der Waals surface area contributed by atoms with Crippen molar-refractivity contribution in [3.63, 3.8) is 0 Å². The first-order chi connectivity index (χ1) is 14.5. The number of aliphatic hydroxyl groups excluding tert-OH is 1. The van der Waals surface area contributed by atoms with Gasteiger partial charge in [0.1, 0.15) is 17.5 Å². The van der Waals surface area contributed by atoms with Crippen molar-refractivity contribution < 1.29 is 19.1 Å². The van der Waals surface area contributed by atoms with Crippen LogP contribution in [0, 0.1) is 0 Å². The fourth-order valence-corrected chi connectivity index (χ4v) is 6.44. The number of carbonyl (C=O) groups excluding carboxylic acids is 1. The Balaban J connectivity index is 1.85. The molecule has 1 fully saturated rings. The molecule has 1 aliphatic rings. The highest BCUT2D eigenvalue weighted by Crippen LogP contribution is 2.41. The smallest absolute Gasteiger partial charge is 0.410 e. The molecule has 1 unspecified atom stereocenters. The number of rotatable bonds is 7. The molecule has 0 radical (unpaired) electrons. The van der Waals surface area contributed by atoms with Gasteiger partial charge in [-0.2, -0.15) is 0 Å². The Morgan fingerprint density at radius 2 is 2.23 bits per heavy atom. The highest BCUT2D eigenvalue weighted by molar-refractivity contribution is 7.98. The number of imidazole rings is 1. The van der Waals surface area contributed by atoms with Crippen LogP contribution in [-0.2, 0) is 9.16 Å². The number of nitrogens with zero attached hydrogens (tertiary/aromatic N) is 3. The number of fused-ring (bicyclic) bond motifs is 1. The van der Waals surface area contributed by atoms with Gasteiger partial charge in [-0.3, -0.25) is 9.30 Å². The maximum absolute atomic E-state index is 12.8. The first-order valence-corrected chi connectivity index (χ1v) is 15.3. The summed E-state index contributed by atoms with van der Waals surface area (Å²) >= 11 is 3.04. The highest BCUT2D eigenvalue weighted by atomic mass is 32.2. The van der Waals surface area contributed by atoms with Gasteiger partial charge < -0.3 is 14.3 Å².